The number of carbonyl (C=O) groups is 2. The fourth-order valence-electron chi connectivity index (χ4n) is 3.92. The minimum Gasteiger partial charge on any atom is -0.437 e. The zero-order valence-electron chi connectivity index (χ0n) is 21.1. The molecule has 0 spiro atoms. The Morgan fingerprint density at radius 3 is 2.72 bits per heavy atom. The van der Waals surface area contributed by atoms with E-state index in [2.05, 4.69) is 41.5 Å². The number of likely N-dealkylation sites (tertiary alicyclic amines) is 1. The highest BCUT2D eigenvalue weighted by molar-refractivity contribution is 6.76. The predicted molar refractivity (Wildman–Crippen MR) is 142 cm³/mol. The summed E-state index contributed by atoms with van der Waals surface area (Å²) in [5.41, 5.74) is 2.11. The third-order valence-corrected chi connectivity index (χ3v) is 7.61. The van der Waals surface area contributed by atoms with Crippen molar-refractivity contribution in [2.45, 2.75) is 45.3 Å². The van der Waals surface area contributed by atoms with Gasteiger partial charge in [-0.15, -0.1) is 0 Å². The van der Waals surface area contributed by atoms with Crippen molar-refractivity contribution in [3.63, 3.8) is 0 Å². The number of amides is 2. The van der Waals surface area contributed by atoms with E-state index >= 15 is 0 Å². The average Bonchev–Trinajstić information content (AvgIpc) is 3.49. The minimum absolute atomic E-state index is 0.0565. The standard InChI is InChI=1S/C26H33N5O4Si/c1-5-22(32)28-19-9-8-10-20(15-19)35-23-16-27-25-24(29-23)21(26(33)30-11-6-7-12-30)17-31(25)18-34-13-14-36(2,3)4/h5,8-10,15-17H,1,6-7,11-14,18H2,2-4H3,(H,28,32). The van der Waals surface area contributed by atoms with Crippen LogP contribution >= 0.6 is 0 Å². The van der Waals surface area contributed by atoms with E-state index in [0.29, 0.717) is 41.5 Å². The summed E-state index contributed by atoms with van der Waals surface area (Å²) in [4.78, 5) is 36.0. The van der Waals surface area contributed by atoms with Crippen LogP contribution in [-0.4, -0.2) is 59.0 Å². The van der Waals surface area contributed by atoms with Crippen LogP contribution in [0.25, 0.3) is 11.2 Å². The van der Waals surface area contributed by atoms with E-state index in [4.69, 9.17) is 9.47 Å². The Kier molecular flexibility index (Phi) is 7.85. The van der Waals surface area contributed by atoms with Gasteiger partial charge in [0.25, 0.3) is 5.91 Å². The van der Waals surface area contributed by atoms with Gasteiger partial charge in [-0.2, -0.15) is 0 Å². The van der Waals surface area contributed by atoms with Gasteiger partial charge in [-0.25, -0.2) is 9.97 Å². The molecule has 0 atom stereocenters. The molecule has 1 saturated heterocycles. The Bertz CT molecular complexity index is 1260. The maximum absolute atomic E-state index is 13.3. The maximum atomic E-state index is 13.3. The van der Waals surface area contributed by atoms with E-state index in [0.717, 1.165) is 32.0 Å². The van der Waals surface area contributed by atoms with Gasteiger partial charge in [-0.05, 0) is 37.1 Å². The van der Waals surface area contributed by atoms with Crippen molar-refractivity contribution >= 4 is 36.7 Å². The number of carbonyl (C=O) groups excluding carboxylic acids is 2. The van der Waals surface area contributed by atoms with Crippen molar-refractivity contribution in [3.05, 3.63) is 54.9 Å². The lowest BCUT2D eigenvalue weighted by Gasteiger charge is -2.15. The fourth-order valence-corrected chi connectivity index (χ4v) is 4.68. The van der Waals surface area contributed by atoms with Crippen molar-refractivity contribution in [1.29, 1.82) is 0 Å². The number of hydrogen-bond donors (Lipinski definition) is 1. The summed E-state index contributed by atoms with van der Waals surface area (Å²) in [6, 6.07) is 8.00. The Balaban J connectivity index is 1.60. The highest BCUT2D eigenvalue weighted by atomic mass is 28.3. The number of fused-ring (bicyclic) bond motifs is 1. The normalized spacial score (nSPS) is 13.7. The largest absolute Gasteiger partial charge is 0.437 e. The van der Waals surface area contributed by atoms with Crippen molar-refractivity contribution in [3.8, 4) is 11.6 Å². The third kappa shape index (κ3) is 6.38. The summed E-state index contributed by atoms with van der Waals surface area (Å²) in [6.07, 6.45) is 6.52. The second-order valence-electron chi connectivity index (χ2n) is 10.1. The van der Waals surface area contributed by atoms with E-state index in [1.165, 1.54) is 12.3 Å². The van der Waals surface area contributed by atoms with Crippen LogP contribution in [0.2, 0.25) is 25.7 Å². The first-order chi connectivity index (χ1) is 17.2. The monoisotopic (exact) mass is 507 g/mol. The number of ether oxygens (including phenoxy) is 2. The molecule has 2 aromatic heterocycles. The molecule has 1 N–H and O–H groups in total. The van der Waals surface area contributed by atoms with Crippen LogP contribution in [0.5, 0.6) is 11.6 Å². The number of hydrogen-bond acceptors (Lipinski definition) is 6. The van der Waals surface area contributed by atoms with Gasteiger partial charge in [0.05, 0.1) is 11.8 Å². The van der Waals surface area contributed by atoms with Crippen LogP contribution < -0.4 is 10.1 Å². The molecule has 36 heavy (non-hydrogen) atoms. The molecule has 1 aromatic carbocycles. The molecule has 0 aliphatic carbocycles. The molecule has 1 aliphatic heterocycles. The van der Waals surface area contributed by atoms with Gasteiger partial charge in [0.2, 0.25) is 11.8 Å². The average molecular weight is 508 g/mol. The first-order valence-electron chi connectivity index (χ1n) is 12.2. The van der Waals surface area contributed by atoms with Gasteiger partial charge < -0.3 is 24.3 Å². The number of nitrogens with one attached hydrogen (secondary N) is 1. The first kappa shape index (κ1) is 25.6. The number of benzene rings is 1. The van der Waals surface area contributed by atoms with E-state index in [1.807, 2.05) is 9.47 Å². The van der Waals surface area contributed by atoms with Crippen molar-refractivity contribution < 1.29 is 19.1 Å². The molecule has 1 aliphatic rings. The molecular weight excluding hydrogens is 474 g/mol. The molecule has 3 heterocycles. The van der Waals surface area contributed by atoms with Gasteiger partial charge in [0, 0.05) is 45.7 Å². The Labute approximate surface area is 212 Å². The molecule has 2 amide bonds. The van der Waals surface area contributed by atoms with E-state index in [-0.39, 0.29) is 17.7 Å². The molecule has 3 aromatic rings. The van der Waals surface area contributed by atoms with Crippen LogP contribution in [0.15, 0.2) is 49.3 Å². The lowest BCUT2D eigenvalue weighted by atomic mass is 10.2. The second kappa shape index (κ2) is 11.0. The molecule has 190 valence electrons. The lowest BCUT2D eigenvalue weighted by molar-refractivity contribution is -0.111. The lowest BCUT2D eigenvalue weighted by Crippen LogP contribution is -2.27. The third-order valence-electron chi connectivity index (χ3n) is 5.90. The highest BCUT2D eigenvalue weighted by Gasteiger charge is 2.25. The van der Waals surface area contributed by atoms with Crippen LogP contribution in [0.1, 0.15) is 23.2 Å². The summed E-state index contributed by atoms with van der Waals surface area (Å²) in [7, 11) is -1.21. The summed E-state index contributed by atoms with van der Waals surface area (Å²) in [5, 5.41) is 2.70. The Morgan fingerprint density at radius 1 is 1.22 bits per heavy atom. The molecule has 1 fully saturated rings. The Hall–Kier alpha value is -3.50. The van der Waals surface area contributed by atoms with E-state index in [9.17, 15) is 9.59 Å². The molecule has 9 nitrogen and oxygen atoms in total. The van der Waals surface area contributed by atoms with Crippen molar-refractivity contribution in [2.75, 3.05) is 25.0 Å². The predicted octanol–water partition coefficient (Wildman–Crippen LogP) is 4.90. The summed E-state index contributed by atoms with van der Waals surface area (Å²) in [5.74, 6) is 0.361. The SMILES string of the molecule is C=CC(=O)Nc1cccc(Oc2cnc3c(n2)c(C(=O)N2CCCC2)cn3COCC[Si](C)(C)C)c1. The van der Waals surface area contributed by atoms with Crippen LogP contribution in [0.3, 0.4) is 0 Å². The van der Waals surface area contributed by atoms with E-state index < -0.39 is 8.07 Å². The Morgan fingerprint density at radius 2 is 2.00 bits per heavy atom. The number of nitrogens with zero attached hydrogens (tertiary/aromatic N) is 4. The van der Waals surface area contributed by atoms with E-state index in [1.54, 1.807) is 30.5 Å². The molecule has 0 radical (unpaired) electrons. The molecule has 0 saturated carbocycles. The maximum Gasteiger partial charge on any atom is 0.257 e. The molecular formula is C26H33N5O4Si. The highest BCUT2D eigenvalue weighted by Crippen LogP contribution is 2.27. The zero-order chi connectivity index (χ0) is 25.7. The van der Waals surface area contributed by atoms with Crippen molar-refractivity contribution in [2.24, 2.45) is 0 Å². The summed E-state index contributed by atoms with van der Waals surface area (Å²) < 4.78 is 13.7. The van der Waals surface area contributed by atoms with Crippen molar-refractivity contribution in [1.82, 2.24) is 19.4 Å². The van der Waals surface area contributed by atoms with Gasteiger partial charge >= 0.3 is 0 Å². The smallest absolute Gasteiger partial charge is 0.257 e. The van der Waals surface area contributed by atoms with Crippen LogP contribution in [-0.2, 0) is 16.3 Å². The number of anilines is 1. The topological polar surface area (TPSA) is 98.6 Å². The first-order valence-corrected chi connectivity index (χ1v) is 15.9. The number of rotatable bonds is 10. The van der Waals surface area contributed by atoms with Gasteiger partial charge in [0.1, 0.15) is 18.0 Å². The quantitative estimate of drug-likeness (QED) is 0.238. The number of aromatic nitrogens is 3. The molecule has 0 unspecified atom stereocenters. The zero-order valence-corrected chi connectivity index (χ0v) is 22.1. The second-order valence-corrected chi connectivity index (χ2v) is 15.7. The minimum atomic E-state index is -1.21. The summed E-state index contributed by atoms with van der Waals surface area (Å²) in [6.45, 7) is 12.8. The van der Waals surface area contributed by atoms with Gasteiger partial charge in [-0.3, -0.25) is 9.59 Å². The van der Waals surface area contributed by atoms with Gasteiger partial charge in [0.15, 0.2) is 5.65 Å². The molecule has 4 rings (SSSR count). The molecule has 0 bridgehead atoms. The van der Waals surface area contributed by atoms with Crippen LogP contribution in [0, 0.1) is 0 Å². The fraction of sp³-hybridized carbons (Fsp3) is 0.385. The molecule has 10 heteroatoms. The van der Waals surface area contributed by atoms with Gasteiger partial charge in [-0.1, -0.05) is 32.3 Å². The van der Waals surface area contributed by atoms with Crippen LogP contribution in [0.4, 0.5) is 5.69 Å². The summed E-state index contributed by atoms with van der Waals surface area (Å²) >= 11 is 0.